The lowest BCUT2D eigenvalue weighted by Crippen LogP contribution is -2.33. The highest BCUT2D eigenvalue weighted by atomic mass is 32.1. The van der Waals surface area contributed by atoms with Crippen LogP contribution in [0.15, 0.2) is 30.3 Å². The van der Waals surface area contributed by atoms with Gasteiger partial charge in [-0.1, -0.05) is 58.0 Å². The smallest absolute Gasteiger partial charge is 0.227 e. The van der Waals surface area contributed by atoms with Crippen molar-refractivity contribution < 1.29 is 0 Å². The van der Waals surface area contributed by atoms with Crippen molar-refractivity contribution in [1.82, 2.24) is 0 Å². The molecule has 1 aromatic carbocycles. The molecule has 0 saturated carbocycles. The number of thiophene rings is 1. The monoisotopic (exact) mass is 335 g/mol. The van der Waals surface area contributed by atoms with Crippen molar-refractivity contribution in [2.24, 2.45) is 0 Å². The first kappa shape index (κ1) is 17.0. The van der Waals surface area contributed by atoms with E-state index in [0.717, 1.165) is 5.00 Å². The van der Waals surface area contributed by atoms with E-state index in [9.17, 15) is 0 Å². The predicted octanol–water partition coefficient (Wildman–Crippen LogP) is 7.21. The van der Waals surface area contributed by atoms with Crippen LogP contribution in [0.1, 0.15) is 69.0 Å². The molecule has 1 aromatic heterocycles. The Kier molecular flexibility index (Phi) is 4.18. The van der Waals surface area contributed by atoms with E-state index in [1.807, 2.05) is 6.07 Å². The molecule has 1 aliphatic carbocycles. The van der Waals surface area contributed by atoms with Crippen molar-refractivity contribution in [3.05, 3.63) is 63.3 Å². The summed E-state index contributed by atoms with van der Waals surface area (Å²) in [5.41, 5.74) is 5.98. The van der Waals surface area contributed by atoms with Crippen molar-refractivity contribution in [3.63, 3.8) is 0 Å². The number of nitrogens with zero attached hydrogens (tertiary/aromatic N) is 1. The average Bonchev–Trinajstić information content (AvgIpc) is 3.01. The Bertz CT molecular complexity index is 843. The molecule has 2 heteroatoms. The number of fused-ring (bicyclic) bond motifs is 1. The van der Waals surface area contributed by atoms with Crippen LogP contribution in [0.4, 0.5) is 5.00 Å². The minimum atomic E-state index is 0.239. The van der Waals surface area contributed by atoms with Crippen LogP contribution >= 0.6 is 11.3 Å². The zero-order valence-electron chi connectivity index (χ0n) is 15.2. The second-order valence-corrected chi connectivity index (χ2v) is 9.21. The van der Waals surface area contributed by atoms with Crippen molar-refractivity contribution in [2.45, 2.75) is 58.3 Å². The maximum absolute atomic E-state index is 7.12. The third kappa shape index (κ3) is 3.06. The number of rotatable bonds is 2. The van der Waals surface area contributed by atoms with E-state index < -0.39 is 0 Å². The highest BCUT2D eigenvalue weighted by Gasteiger charge is 2.36. The van der Waals surface area contributed by atoms with Gasteiger partial charge >= 0.3 is 0 Å². The zero-order chi connectivity index (χ0) is 17.5. The predicted molar refractivity (Wildman–Crippen MR) is 106 cm³/mol. The SMILES string of the molecule is [C-]#[N+]c1ccc(C(C)=Cc2ccc3c(c2)C(C)(C)CCC3(C)C)s1. The zero-order valence-corrected chi connectivity index (χ0v) is 16.1. The Morgan fingerprint density at radius 1 is 1.04 bits per heavy atom. The normalized spacial score (nSPS) is 18.8. The van der Waals surface area contributed by atoms with Gasteiger partial charge < -0.3 is 0 Å². The van der Waals surface area contributed by atoms with Crippen molar-refractivity contribution in [3.8, 4) is 0 Å². The molecule has 3 rings (SSSR count). The van der Waals surface area contributed by atoms with E-state index in [0.29, 0.717) is 0 Å². The second-order valence-electron chi connectivity index (χ2n) is 8.15. The molecule has 0 aliphatic heterocycles. The molecule has 0 bridgehead atoms. The molecule has 0 spiro atoms. The third-order valence-electron chi connectivity index (χ3n) is 5.35. The quantitative estimate of drug-likeness (QED) is 0.511. The van der Waals surface area contributed by atoms with Crippen LogP contribution in [0.5, 0.6) is 0 Å². The average molecular weight is 336 g/mol. The number of hydrogen-bond donors (Lipinski definition) is 0. The highest BCUT2D eigenvalue weighted by Crippen LogP contribution is 2.46. The Labute approximate surface area is 149 Å². The first-order chi connectivity index (χ1) is 11.2. The number of allylic oxidation sites excluding steroid dienone is 1. The summed E-state index contributed by atoms with van der Waals surface area (Å²) in [5.74, 6) is 0. The van der Waals surface area contributed by atoms with Gasteiger partial charge in [-0.25, -0.2) is 4.85 Å². The van der Waals surface area contributed by atoms with Crippen LogP contribution in [-0.4, -0.2) is 0 Å². The van der Waals surface area contributed by atoms with Gasteiger partial charge in [0, 0.05) is 4.88 Å². The van der Waals surface area contributed by atoms with Crippen LogP contribution in [0, 0.1) is 6.57 Å². The second kappa shape index (κ2) is 5.90. The van der Waals surface area contributed by atoms with Gasteiger partial charge in [0.1, 0.15) is 0 Å². The number of hydrogen-bond acceptors (Lipinski definition) is 1. The standard InChI is InChI=1S/C22H25NS/c1-15(19-9-10-20(23-6)24-19)13-16-7-8-17-18(14-16)22(4,5)12-11-21(17,2)3/h7-10,13-14H,11-12H2,1-5H3. The lowest BCUT2D eigenvalue weighted by Gasteiger charge is -2.42. The largest absolute Gasteiger partial charge is 0.241 e. The van der Waals surface area contributed by atoms with Gasteiger partial charge in [-0.15, -0.1) is 0 Å². The van der Waals surface area contributed by atoms with Crippen LogP contribution < -0.4 is 0 Å². The first-order valence-electron chi connectivity index (χ1n) is 8.54. The highest BCUT2D eigenvalue weighted by molar-refractivity contribution is 7.17. The summed E-state index contributed by atoms with van der Waals surface area (Å²) in [6, 6.07) is 10.9. The Morgan fingerprint density at radius 3 is 2.33 bits per heavy atom. The fourth-order valence-electron chi connectivity index (χ4n) is 3.62. The van der Waals surface area contributed by atoms with E-state index in [4.69, 9.17) is 6.57 Å². The molecule has 0 amide bonds. The summed E-state index contributed by atoms with van der Waals surface area (Å²) in [7, 11) is 0. The molecule has 1 heterocycles. The fraction of sp³-hybridized carbons (Fsp3) is 0.409. The van der Waals surface area contributed by atoms with Gasteiger partial charge in [-0.05, 0) is 58.9 Å². The fourth-order valence-corrected chi connectivity index (χ4v) is 4.38. The van der Waals surface area contributed by atoms with Crippen molar-refractivity contribution in [1.29, 1.82) is 0 Å². The molecule has 1 aliphatic rings. The minimum Gasteiger partial charge on any atom is -0.227 e. The van der Waals surface area contributed by atoms with Gasteiger partial charge in [0.05, 0.1) is 6.57 Å². The maximum Gasteiger partial charge on any atom is 0.241 e. The number of benzene rings is 1. The molecular weight excluding hydrogens is 310 g/mol. The molecule has 0 radical (unpaired) electrons. The third-order valence-corrected chi connectivity index (χ3v) is 6.47. The van der Waals surface area contributed by atoms with E-state index in [-0.39, 0.29) is 10.8 Å². The Balaban J connectivity index is 2.02. The Hall–Kier alpha value is -1.85. The summed E-state index contributed by atoms with van der Waals surface area (Å²) in [6.45, 7) is 18.7. The van der Waals surface area contributed by atoms with Crippen molar-refractivity contribution in [2.75, 3.05) is 0 Å². The van der Waals surface area contributed by atoms with Gasteiger partial charge in [-0.2, -0.15) is 11.3 Å². The van der Waals surface area contributed by atoms with E-state index in [1.54, 1.807) is 11.3 Å². The topological polar surface area (TPSA) is 4.36 Å². The Morgan fingerprint density at radius 2 is 1.71 bits per heavy atom. The van der Waals surface area contributed by atoms with Gasteiger partial charge in [0.25, 0.3) is 0 Å². The molecular formula is C22H25NS. The molecule has 0 unspecified atom stereocenters. The lowest BCUT2D eigenvalue weighted by molar-refractivity contribution is 0.332. The maximum atomic E-state index is 7.12. The minimum absolute atomic E-state index is 0.239. The van der Waals surface area contributed by atoms with Gasteiger partial charge in [-0.3, -0.25) is 0 Å². The molecule has 0 saturated heterocycles. The van der Waals surface area contributed by atoms with Gasteiger partial charge in [0.2, 0.25) is 5.00 Å². The van der Waals surface area contributed by atoms with Crippen LogP contribution in [0.2, 0.25) is 0 Å². The molecule has 2 aromatic rings. The summed E-state index contributed by atoms with van der Waals surface area (Å²) >= 11 is 1.57. The molecule has 24 heavy (non-hydrogen) atoms. The van der Waals surface area contributed by atoms with E-state index in [2.05, 4.69) is 69.8 Å². The van der Waals surface area contributed by atoms with Gasteiger partial charge in [0.15, 0.2) is 0 Å². The molecule has 0 atom stereocenters. The molecule has 0 N–H and O–H groups in total. The van der Waals surface area contributed by atoms with Crippen LogP contribution in [0.3, 0.4) is 0 Å². The van der Waals surface area contributed by atoms with Crippen molar-refractivity contribution >= 4 is 28.0 Å². The lowest BCUT2D eigenvalue weighted by atomic mass is 9.63. The summed E-state index contributed by atoms with van der Waals surface area (Å²) in [4.78, 5) is 4.69. The molecule has 0 fully saturated rings. The summed E-state index contributed by atoms with van der Waals surface area (Å²) < 4.78 is 0. The van der Waals surface area contributed by atoms with Crippen LogP contribution in [0.25, 0.3) is 16.5 Å². The first-order valence-corrected chi connectivity index (χ1v) is 9.36. The summed E-state index contributed by atoms with van der Waals surface area (Å²) in [5, 5.41) is 0.756. The van der Waals surface area contributed by atoms with Crippen LogP contribution in [-0.2, 0) is 10.8 Å². The summed E-state index contributed by atoms with van der Waals surface area (Å²) in [6.07, 6.45) is 4.73. The van der Waals surface area contributed by atoms with E-state index >= 15 is 0 Å². The van der Waals surface area contributed by atoms with E-state index in [1.165, 1.54) is 40.0 Å². The molecule has 124 valence electrons. The molecule has 1 nitrogen and oxygen atoms in total.